The number of amides is 1. The van der Waals surface area contributed by atoms with Gasteiger partial charge in [0.1, 0.15) is 0 Å². The molecule has 0 bridgehead atoms. The van der Waals surface area contributed by atoms with Crippen molar-refractivity contribution >= 4 is 16.8 Å². The highest BCUT2D eigenvalue weighted by molar-refractivity contribution is 5.89. The van der Waals surface area contributed by atoms with Crippen molar-refractivity contribution in [1.29, 1.82) is 0 Å². The summed E-state index contributed by atoms with van der Waals surface area (Å²) in [5, 5.41) is 1.13. The molecule has 31 heavy (non-hydrogen) atoms. The van der Waals surface area contributed by atoms with Crippen LogP contribution in [0.4, 0.5) is 0 Å². The summed E-state index contributed by atoms with van der Waals surface area (Å²) in [5.74, 6) is 0.375. The highest BCUT2D eigenvalue weighted by Gasteiger charge is 2.28. The Morgan fingerprint density at radius 1 is 1.13 bits per heavy atom. The average molecular weight is 411 g/mol. The van der Waals surface area contributed by atoms with E-state index in [1.54, 1.807) is 12.4 Å². The van der Waals surface area contributed by atoms with Crippen LogP contribution in [0.5, 0.6) is 0 Å². The number of hydrogen-bond donors (Lipinski definition) is 1. The fourth-order valence-electron chi connectivity index (χ4n) is 4.64. The van der Waals surface area contributed by atoms with E-state index in [1.807, 2.05) is 29.3 Å². The number of carbonyl (C=O) groups excluding carboxylic acids is 1. The predicted molar refractivity (Wildman–Crippen MR) is 123 cm³/mol. The number of hydrogen-bond acceptors (Lipinski definition) is 3. The van der Waals surface area contributed by atoms with E-state index in [1.165, 1.54) is 5.56 Å². The SMILES string of the molecule is Cc1cccc(-c2nccnc2[C@@H]2CCCN(C(=O)Cc3c[nH]c4ccccc34)C2)c1. The van der Waals surface area contributed by atoms with Gasteiger partial charge in [0.25, 0.3) is 0 Å². The molecule has 5 heteroatoms. The lowest BCUT2D eigenvalue weighted by Gasteiger charge is -2.33. The first-order valence-corrected chi connectivity index (χ1v) is 10.9. The van der Waals surface area contributed by atoms with E-state index in [2.05, 4.69) is 47.2 Å². The zero-order valence-corrected chi connectivity index (χ0v) is 17.7. The van der Waals surface area contributed by atoms with Crippen LogP contribution in [-0.2, 0) is 11.2 Å². The van der Waals surface area contributed by atoms with Gasteiger partial charge in [0.05, 0.1) is 17.8 Å². The Kier molecular flexibility index (Phi) is 5.24. The zero-order valence-electron chi connectivity index (χ0n) is 17.7. The molecule has 1 aliphatic rings. The van der Waals surface area contributed by atoms with Crippen molar-refractivity contribution in [2.24, 2.45) is 0 Å². The normalized spacial score (nSPS) is 16.5. The van der Waals surface area contributed by atoms with Gasteiger partial charge in [-0.05, 0) is 37.5 Å². The van der Waals surface area contributed by atoms with Gasteiger partial charge >= 0.3 is 0 Å². The summed E-state index contributed by atoms with van der Waals surface area (Å²) in [6.45, 7) is 3.59. The summed E-state index contributed by atoms with van der Waals surface area (Å²) in [7, 11) is 0. The van der Waals surface area contributed by atoms with Gasteiger partial charge in [-0.3, -0.25) is 14.8 Å². The first-order chi connectivity index (χ1) is 15.2. The van der Waals surface area contributed by atoms with Gasteiger partial charge in [-0.15, -0.1) is 0 Å². The number of aromatic amines is 1. The lowest BCUT2D eigenvalue weighted by atomic mass is 9.91. The third-order valence-electron chi connectivity index (χ3n) is 6.20. The maximum absolute atomic E-state index is 13.2. The van der Waals surface area contributed by atoms with Crippen LogP contribution in [0.1, 0.15) is 35.6 Å². The van der Waals surface area contributed by atoms with Crippen molar-refractivity contribution in [3.63, 3.8) is 0 Å². The summed E-state index contributed by atoms with van der Waals surface area (Å²) in [5.41, 5.74) is 6.35. The molecule has 4 aromatic rings. The Morgan fingerprint density at radius 3 is 2.90 bits per heavy atom. The predicted octanol–water partition coefficient (Wildman–Crippen LogP) is 4.88. The third-order valence-corrected chi connectivity index (χ3v) is 6.20. The van der Waals surface area contributed by atoms with E-state index < -0.39 is 0 Å². The molecule has 0 spiro atoms. The second-order valence-corrected chi connectivity index (χ2v) is 8.37. The highest BCUT2D eigenvalue weighted by atomic mass is 16.2. The van der Waals surface area contributed by atoms with E-state index in [-0.39, 0.29) is 11.8 Å². The van der Waals surface area contributed by atoms with Crippen molar-refractivity contribution < 1.29 is 4.79 Å². The van der Waals surface area contributed by atoms with Gasteiger partial charge in [-0.2, -0.15) is 0 Å². The Morgan fingerprint density at radius 2 is 2.00 bits per heavy atom. The number of nitrogens with zero attached hydrogens (tertiary/aromatic N) is 3. The number of aromatic nitrogens is 3. The molecule has 3 heterocycles. The molecule has 1 atom stereocenters. The minimum absolute atomic E-state index is 0.176. The summed E-state index contributed by atoms with van der Waals surface area (Å²) in [4.78, 5) is 27.8. The molecule has 1 aliphatic heterocycles. The minimum atomic E-state index is 0.176. The molecular weight excluding hydrogens is 384 g/mol. The fourth-order valence-corrected chi connectivity index (χ4v) is 4.64. The first kappa shape index (κ1) is 19.5. The molecule has 0 radical (unpaired) electrons. The van der Waals surface area contributed by atoms with Crippen molar-refractivity contribution in [2.75, 3.05) is 13.1 Å². The molecule has 1 fully saturated rings. The Balaban J connectivity index is 1.37. The number of rotatable bonds is 4. The topological polar surface area (TPSA) is 61.9 Å². The zero-order chi connectivity index (χ0) is 21.2. The smallest absolute Gasteiger partial charge is 0.227 e. The quantitative estimate of drug-likeness (QED) is 0.521. The van der Waals surface area contributed by atoms with Crippen LogP contribution in [0.25, 0.3) is 22.2 Å². The first-order valence-electron chi connectivity index (χ1n) is 10.9. The second-order valence-electron chi connectivity index (χ2n) is 8.37. The van der Waals surface area contributed by atoms with E-state index in [0.717, 1.165) is 52.8 Å². The molecule has 2 aromatic heterocycles. The average Bonchev–Trinajstić information content (AvgIpc) is 3.22. The molecule has 5 rings (SSSR count). The molecule has 1 N–H and O–H groups in total. The lowest BCUT2D eigenvalue weighted by molar-refractivity contribution is -0.131. The highest BCUT2D eigenvalue weighted by Crippen LogP contribution is 2.32. The van der Waals surface area contributed by atoms with Crippen LogP contribution in [0.15, 0.2) is 67.1 Å². The van der Waals surface area contributed by atoms with Crippen LogP contribution in [0.2, 0.25) is 0 Å². The van der Waals surface area contributed by atoms with Crippen LogP contribution < -0.4 is 0 Å². The van der Waals surface area contributed by atoms with Gasteiger partial charge < -0.3 is 9.88 Å². The summed E-state index contributed by atoms with van der Waals surface area (Å²) >= 11 is 0. The number of likely N-dealkylation sites (tertiary alicyclic amines) is 1. The van der Waals surface area contributed by atoms with E-state index in [9.17, 15) is 4.79 Å². The van der Waals surface area contributed by atoms with Crippen LogP contribution in [-0.4, -0.2) is 38.8 Å². The fraction of sp³-hybridized carbons (Fsp3) is 0.269. The van der Waals surface area contributed by atoms with Crippen LogP contribution in [0, 0.1) is 6.92 Å². The van der Waals surface area contributed by atoms with Gasteiger partial charge in [-0.25, -0.2) is 0 Å². The monoisotopic (exact) mass is 410 g/mol. The number of carbonyl (C=O) groups is 1. The summed E-state index contributed by atoms with van der Waals surface area (Å²) in [6.07, 6.45) is 7.90. The Bertz CT molecular complexity index is 1230. The number of benzene rings is 2. The summed E-state index contributed by atoms with van der Waals surface area (Å²) in [6, 6.07) is 16.5. The molecule has 1 saturated heterocycles. The van der Waals surface area contributed by atoms with Crippen molar-refractivity contribution in [1.82, 2.24) is 19.9 Å². The maximum atomic E-state index is 13.2. The van der Waals surface area contributed by atoms with Gasteiger partial charge in [0.15, 0.2) is 0 Å². The van der Waals surface area contributed by atoms with E-state index >= 15 is 0 Å². The Labute approximate surface area is 182 Å². The Hall–Kier alpha value is -3.47. The largest absolute Gasteiger partial charge is 0.361 e. The number of fused-ring (bicyclic) bond motifs is 1. The molecule has 5 nitrogen and oxygen atoms in total. The molecule has 156 valence electrons. The molecular formula is C26H26N4O. The molecule has 0 unspecified atom stereocenters. The van der Waals surface area contributed by atoms with Crippen molar-refractivity contribution in [2.45, 2.75) is 32.1 Å². The third kappa shape index (κ3) is 3.96. The van der Waals surface area contributed by atoms with Crippen LogP contribution >= 0.6 is 0 Å². The number of aryl methyl sites for hydroxylation is 1. The van der Waals surface area contributed by atoms with Crippen LogP contribution in [0.3, 0.4) is 0 Å². The standard InChI is InChI=1S/C26H26N4O/c1-18-6-4-7-19(14-18)25-26(28-12-11-27-25)20-8-5-13-30(17-20)24(31)15-21-16-29-23-10-3-2-9-22(21)23/h2-4,6-7,9-12,14,16,20,29H,5,8,13,15,17H2,1H3/t20-/m1/s1. The summed E-state index contributed by atoms with van der Waals surface area (Å²) < 4.78 is 0. The van der Waals surface area contributed by atoms with Gasteiger partial charge in [-0.1, -0.05) is 42.0 Å². The second kappa shape index (κ2) is 8.34. The van der Waals surface area contributed by atoms with Crippen molar-refractivity contribution in [3.05, 3.63) is 83.9 Å². The number of piperidine rings is 1. The molecule has 2 aromatic carbocycles. The molecule has 0 saturated carbocycles. The van der Waals surface area contributed by atoms with E-state index in [4.69, 9.17) is 4.98 Å². The molecule has 1 amide bonds. The number of para-hydroxylation sites is 1. The minimum Gasteiger partial charge on any atom is -0.361 e. The van der Waals surface area contributed by atoms with Gasteiger partial charge in [0, 0.05) is 54.1 Å². The number of H-pyrrole nitrogens is 1. The van der Waals surface area contributed by atoms with Crippen molar-refractivity contribution in [3.8, 4) is 11.3 Å². The van der Waals surface area contributed by atoms with E-state index in [0.29, 0.717) is 13.0 Å². The molecule has 0 aliphatic carbocycles. The lowest BCUT2D eigenvalue weighted by Crippen LogP contribution is -2.40. The van der Waals surface area contributed by atoms with Gasteiger partial charge in [0.2, 0.25) is 5.91 Å². The maximum Gasteiger partial charge on any atom is 0.227 e. The number of nitrogens with one attached hydrogen (secondary N) is 1.